The van der Waals surface area contributed by atoms with Crippen LogP contribution >= 0.6 is 11.6 Å². The first-order valence-corrected chi connectivity index (χ1v) is 7.90. The molecule has 7 nitrogen and oxygen atoms in total. The van der Waals surface area contributed by atoms with Gasteiger partial charge in [-0.3, -0.25) is 5.10 Å². The van der Waals surface area contributed by atoms with Gasteiger partial charge in [-0.25, -0.2) is 14.8 Å². The molecule has 1 aromatic carbocycles. The highest BCUT2D eigenvalue weighted by molar-refractivity contribution is 6.34. The van der Waals surface area contributed by atoms with E-state index in [1.165, 1.54) is 6.33 Å². The van der Waals surface area contributed by atoms with Crippen LogP contribution < -0.4 is 5.32 Å². The van der Waals surface area contributed by atoms with E-state index >= 15 is 0 Å². The summed E-state index contributed by atoms with van der Waals surface area (Å²) in [4.78, 5) is 19.5. The molecule has 0 atom stereocenters. The number of aromatic amines is 1. The normalized spacial score (nSPS) is 10.1. The first-order valence-electron chi connectivity index (χ1n) is 7.52. The van der Waals surface area contributed by atoms with Crippen molar-refractivity contribution in [1.82, 2.24) is 25.5 Å². The predicted octanol–water partition coefficient (Wildman–Crippen LogP) is 2.67. The molecule has 0 unspecified atom stereocenters. The minimum Gasteiger partial charge on any atom is -0.445 e. The fraction of sp³-hybridized carbons (Fsp3) is 0.176. The number of H-pyrrole nitrogens is 1. The van der Waals surface area contributed by atoms with E-state index in [2.05, 4.69) is 37.3 Å². The molecule has 2 aromatic heterocycles. The topological polar surface area (TPSA) is 92.8 Å². The zero-order chi connectivity index (χ0) is 17.5. The van der Waals surface area contributed by atoms with Gasteiger partial charge in [0.05, 0.1) is 5.39 Å². The van der Waals surface area contributed by atoms with Crippen LogP contribution in [0, 0.1) is 11.8 Å². The molecule has 0 fully saturated rings. The summed E-state index contributed by atoms with van der Waals surface area (Å²) in [6.07, 6.45) is 1.31. The summed E-state index contributed by atoms with van der Waals surface area (Å²) < 4.78 is 5.11. The van der Waals surface area contributed by atoms with Crippen molar-refractivity contribution in [3.05, 3.63) is 53.1 Å². The van der Waals surface area contributed by atoms with Gasteiger partial charge in [0.15, 0.2) is 5.65 Å². The lowest BCUT2D eigenvalue weighted by Crippen LogP contribution is -2.24. The summed E-state index contributed by atoms with van der Waals surface area (Å²) in [5, 5.41) is 10.3. The summed E-state index contributed by atoms with van der Waals surface area (Å²) in [7, 11) is 0. The number of aromatic nitrogens is 4. The summed E-state index contributed by atoms with van der Waals surface area (Å²) in [5.41, 5.74) is 1.95. The largest absolute Gasteiger partial charge is 0.445 e. The number of carbonyl (C=O) groups excluding carboxylic acids is 1. The molecule has 1 amide bonds. The van der Waals surface area contributed by atoms with Gasteiger partial charge in [-0.05, 0) is 11.5 Å². The lowest BCUT2D eigenvalue weighted by molar-refractivity contribution is 0.140. The first-order chi connectivity index (χ1) is 12.2. The van der Waals surface area contributed by atoms with Gasteiger partial charge < -0.3 is 10.1 Å². The number of amides is 1. The van der Waals surface area contributed by atoms with E-state index in [1.807, 2.05) is 30.3 Å². The van der Waals surface area contributed by atoms with Gasteiger partial charge in [-0.15, -0.1) is 0 Å². The predicted molar refractivity (Wildman–Crippen MR) is 92.8 cm³/mol. The highest BCUT2D eigenvalue weighted by Crippen LogP contribution is 2.19. The van der Waals surface area contributed by atoms with Crippen LogP contribution in [-0.4, -0.2) is 32.8 Å². The second kappa shape index (κ2) is 8.13. The maximum atomic E-state index is 11.6. The van der Waals surface area contributed by atoms with Crippen molar-refractivity contribution in [1.29, 1.82) is 0 Å². The molecule has 0 aliphatic carbocycles. The van der Waals surface area contributed by atoms with E-state index in [0.717, 1.165) is 5.56 Å². The standard InChI is InChI=1S/C17H14ClN5O2/c18-15-14-13(22-23-16(14)21-11-20-15)8-4-5-9-19-17(24)25-10-12-6-2-1-3-7-12/h1-3,6-7,11H,5,9-10H2,(H,19,24)(H,20,21,22,23). The van der Waals surface area contributed by atoms with Crippen molar-refractivity contribution in [3.8, 4) is 11.8 Å². The number of alkyl carbamates (subject to hydrolysis) is 1. The van der Waals surface area contributed by atoms with Crippen LogP contribution in [0.1, 0.15) is 17.7 Å². The summed E-state index contributed by atoms with van der Waals surface area (Å²) >= 11 is 6.02. The number of hydrogen-bond acceptors (Lipinski definition) is 5. The van der Waals surface area contributed by atoms with Gasteiger partial charge in [0.2, 0.25) is 0 Å². The zero-order valence-corrected chi connectivity index (χ0v) is 13.9. The third-order valence-corrected chi connectivity index (χ3v) is 3.54. The third kappa shape index (κ3) is 4.46. The monoisotopic (exact) mass is 355 g/mol. The van der Waals surface area contributed by atoms with Crippen LogP contribution in [0.3, 0.4) is 0 Å². The van der Waals surface area contributed by atoms with Gasteiger partial charge in [0, 0.05) is 13.0 Å². The Balaban J connectivity index is 1.45. The lowest BCUT2D eigenvalue weighted by Gasteiger charge is -2.05. The van der Waals surface area contributed by atoms with Crippen molar-refractivity contribution in [2.24, 2.45) is 0 Å². The Hall–Kier alpha value is -3.11. The second-order valence-electron chi connectivity index (χ2n) is 5.00. The molecular weight excluding hydrogens is 342 g/mol. The Morgan fingerprint density at radius 1 is 1.28 bits per heavy atom. The van der Waals surface area contributed by atoms with Gasteiger partial charge >= 0.3 is 6.09 Å². The Bertz CT molecular complexity index is 930. The zero-order valence-electron chi connectivity index (χ0n) is 13.1. The summed E-state index contributed by atoms with van der Waals surface area (Å²) in [6, 6.07) is 9.47. The first kappa shape index (κ1) is 16.7. The molecule has 25 heavy (non-hydrogen) atoms. The van der Waals surface area contributed by atoms with E-state index in [9.17, 15) is 4.79 Å². The van der Waals surface area contributed by atoms with Crippen LogP contribution in [0.4, 0.5) is 4.79 Å². The molecule has 126 valence electrons. The number of halogens is 1. The molecule has 0 aliphatic rings. The van der Waals surface area contributed by atoms with Crippen molar-refractivity contribution in [2.45, 2.75) is 13.0 Å². The number of carbonyl (C=O) groups is 1. The molecular formula is C17H14ClN5O2. The van der Waals surface area contributed by atoms with E-state index < -0.39 is 6.09 Å². The molecule has 0 bridgehead atoms. The molecule has 0 saturated heterocycles. The van der Waals surface area contributed by atoms with Gasteiger partial charge in [0.25, 0.3) is 0 Å². The van der Waals surface area contributed by atoms with Gasteiger partial charge in [-0.1, -0.05) is 47.9 Å². The third-order valence-electron chi connectivity index (χ3n) is 3.25. The average Bonchev–Trinajstić information content (AvgIpc) is 3.05. The van der Waals surface area contributed by atoms with Crippen LogP contribution in [0.25, 0.3) is 11.0 Å². The van der Waals surface area contributed by atoms with E-state index in [4.69, 9.17) is 16.3 Å². The minimum absolute atomic E-state index is 0.233. The Morgan fingerprint density at radius 3 is 2.96 bits per heavy atom. The molecule has 3 rings (SSSR count). The SMILES string of the molecule is O=C(NCCC#Cc1[nH]nc2ncnc(Cl)c12)OCc1ccccc1. The van der Waals surface area contributed by atoms with E-state index in [0.29, 0.717) is 34.8 Å². The fourth-order valence-corrected chi connectivity index (χ4v) is 2.29. The quantitative estimate of drug-likeness (QED) is 0.426. The maximum Gasteiger partial charge on any atom is 0.407 e. The number of rotatable bonds is 4. The molecule has 0 aliphatic heterocycles. The number of fused-ring (bicyclic) bond motifs is 1. The van der Waals surface area contributed by atoms with Crippen molar-refractivity contribution in [2.75, 3.05) is 6.54 Å². The number of hydrogen-bond donors (Lipinski definition) is 2. The van der Waals surface area contributed by atoms with Crippen LogP contribution in [0.2, 0.25) is 5.15 Å². The Labute approximate surface area is 148 Å². The number of benzene rings is 1. The molecule has 8 heteroatoms. The molecule has 2 heterocycles. The maximum absolute atomic E-state index is 11.6. The van der Waals surface area contributed by atoms with Crippen molar-refractivity contribution >= 4 is 28.7 Å². The fourth-order valence-electron chi connectivity index (χ4n) is 2.06. The van der Waals surface area contributed by atoms with Crippen molar-refractivity contribution in [3.63, 3.8) is 0 Å². The molecule has 0 spiro atoms. The van der Waals surface area contributed by atoms with Gasteiger partial charge in [-0.2, -0.15) is 5.10 Å². The minimum atomic E-state index is -0.478. The lowest BCUT2D eigenvalue weighted by atomic mass is 10.2. The van der Waals surface area contributed by atoms with Crippen LogP contribution in [-0.2, 0) is 11.3 Å². The number of nitrogens with zero attached hydrogens (tertiary/aromatic N) is 3. The Morgan fingerprint density at radius 2 is 2.12 bits per heavy atom. The number of nitrogens with one attached hydrogen (secondary N) is 2. The average molecular weight is 356 g/mol. The van der Waals surface area contributed by atoms with Crippen molar-refractivity contribution < 1.29 is 9.53 Å². The number of ether oxygens (including phenoxy) is 1. The van der Waals surface area contributed by atoms with E-state index in [1.54, 1.807) is 0 Å². The smallest absolute Gasteiger partial charge is 0.407 e. The second-order valence-corrected chi connectivity index (χ2v) is 5.36. The van der Waals surface area contributed by atoms with Gasteiger partial charge in [0.1, 0.15) is 23.8 Å². The highest BCUT2D eigenvalue weighted by Gasteiger charge is 2.08. The van der Waals surface area contributed by atoms with Crippen LogP contribution in [0.15, 0.2) is 36.7 Å². The summed E-state index contributed by atoms with van der Waals surface area (Å²) in [5.74, 6) is 5.85. The molecule has 0 saturated carbocycles. The Kier molecular flexibility index (Phi) is 5.44. The molecule has 0 radical (unpaired) electrons. The summed E-state index contributed by atoms with van der Waals surface area (Å²) in [6.45, 7) is 0.605. The molecule has 3 aromatic rings. The highest BCUT2D eigenvalue weighted by atomic mass is 35.5. The van der Waals surface area contributed by atoms with E-state index in [-0.39, 0.29) is 6.61 Å². The van der Waals surface area contributed by atoms with Crippen LogP contribution in [0.5, 0.6) is 0 Å². The molecule has 2 N–H and O–H groups in total.